The van der Waals surface area contributed by atoms with Crippen molar-refractivity contribution in [3.8, 4) is 5.75 Å². The van der Waals surface area contributed by atoms with Crippen LogP contribution in [0.15, 0.2) is 42.5 Å². The third kappa shape index (κ3) is 5.41. The molecule has 0 saturated heterocycles. The van der Waals surface area contributed by atoms with Crippen LogP contribution in [-0.4, -0.2) is 18.6 Å². The largest absolute Gasteiger partial charge is 0.481 e. The van der Waals surface area contributed by atoms with Crippen molar-refractivity contribution < 1.29 is 9.53 Å². The Morgan fingerprint density at radius 1 is 1.08 bits per heavy atom. The maximum Gasteiger partial charge on any atom is 0.260 e. The van der Waals surface area contributed by atoms with Crippen LogP contribution in [-0.2, 0) is 11.2 Å². The van der Waals surface area contributed by atoms with Gasteiger partial charge in [0.1, 0.15) is 5.75 Å². The third-order valence-corrected chi connectivity index (χ3v) is 4.03. The molecule has 0 radical (unpaired) electrons. The monoisotopic (exact) mass is 325 g/mol. The van der Waals surface area contributed by atoms with Gasteiger partial charge in [-0.25, -0.2) is 0 Å². The maximum atomic E-state index is 12.2. The van der Waals surface area contributed by atoms with E-state index in [0.717, 1.165) is 24.2 Å². The van der Waals surface area contributed by atoms with E-state index in [2.05, 4.69) is 42.6 Å². The van der Waals surface area contributed by atoms with Crippen LogP contribution >= 0.6 is 0 Å². The van der Waals surface area contributed by atoms with Gasteiger partial charge >= 0.3 is 0 Å². The molecular formula is C21H27NO2. The molecule has 2 rings (SSSR count). The molecule has 0 aliphatic carbocycles. The number of nitrogens with one attached hydrogen (secondary N) is 1. The van der Waals surface area contributed by atoms with Gasteiger partial charge in [-0.3, -0.25) is 4.79 Å². The number of hydrogen-bond donors (Lipinski definition) is 1. The van der Waals surface area contributed by atoms with E-state index in [1.54, 1.807) is 6.92 Å². The van der Waals surface area contributed by atoms with Crippen molar-refractivity contribution in [1.82, 2.24) is 5.32 Å². The van der Waals surface area contributed by atoms with Crippen LogP contribution in [0.25, 0.3) is 0 Å². The van der Waals surface area contributed by atoms with Crippen LogP contribution in [0.5, 0.6) is 5.75 Å². The van der Waals surface area contributed by atoms with Gasteiger partial charge in [0, 0.05) is 6.54 Å². The molecule has 0 bridgehead atoms. The molecule has 0 spiro atoms. The molecular weight excluding hydrogens is 298 g/mol. The molecule has 24 heavy (non-hydrogen) atoms. The van der Waals surface area contributed by atoms with Gasteiger partial charge in [0.15, 0.2) is 6.10 Å². The highest BCUT2D eigenvalue weighted by Gasteiger charge is 2.15. The zero-order chi connectivity index (χ0) is 17.5. The number of ether oxygens (including phenoxy) is 1. The van der Waals surface area contributed by atoms with E-state index < -0.39 is 6.10 Å². The molecule has 1 amide bonds. The molecule has 1 N–H and O–H groups in total. The highest BCUT2D eigenvalue weighted by Crippen LogP contribution is 2.20. The summed E-state index contributed by atoms with van der Waals surface area (Å²) in [6.45, 7) is 8.58. The smallest absolute Gasteiger partial charge is 0.260 e. The lowest BCUT2D eigenvalue weighted by Gasteiger charge is -2.16. The topological polar surface area (TPSA) is 38.3 Å². The van der Waals surface area contributed by atoms with Crippen molar-refractivity contribution in [2.45, 2.75) is 46.6 Å². The summed E-state index contributed by atoms with van der Waals surface area (Å²) in [5, 5.41) is 2.95. The van der Waals surface area contributed by atoms with Crippen molar-refractivity contribution in [1.29, 1.82) is 0 Å². The Hall–Kier alpha value is -2.29. The number of rotatable bonds is 7. The summed E-state index contributed by atoms with van der Waals surface area (Å²) in [4.78, 5) is 12.2. The average molecular weight is 325 g/mol. The molecule has 1 atom stereocenters. The number of carbonyl (C=O) groups excluding carboxylic acids is 1. The van der Waals surface area contributed by atoms with Crippen LogP contribution in [0.1, 0.15) is 35.6 Å². The third-order valence-electron chi connectivity index (χ3n) is 4.03. The van der Waals surface area contributed by atoms with E-state index in [9.17, 15) is 4.79 Å². The average Bonchev–Trinajstić information content (AvgIpc) is 2.54. The van der Waals surface area contributed by atoms with Crippen LogP contribution < -0.4 is 10.1 Å². The quantitative estimate of drug-likeness (QED) is 0.777. The molecule has 3 nitrogen and oxygen atoms in total. The van der Waals surface area contributed by atoms with E-state index in [4.69, 9.17) is 4.74 Å². The first-order valence-electron chi connectivity index (χ1n) is 8.53. The van der Waals surface area contributed by atoms with Crippen LogP contribution in [0, 0.1) is 20.8 Å². The summed E-state index contributed by atoms with van der Waals surface area (Å²) in [5.74, 6) is 0.697. The summed E-state index contributed by atoms with van der Waals surface area (Å²) >= 11 is 0. The van der Waals surface area contributed by atoms with Gasteiger partial charge in [-0.1, -0.05) is 47.5 Å². The summed E-state index contributed by atoms with van der Waals surface area (Å²) in [6, 6.07) is 14.5. The minimum Gasteiger partial charge on any atom is -0.481 e. The normalized spacial score (nSPS) is 11.8. The fraction of sp³-hybridized carbons (Fsp3) is 0.381. The summed E-state index contributed by atoms with van der Waals surface area (Å²) < 4.78 is 5.78. The lowest BCUT2D eigenvalue weighted by Crippen LogP contribution is -2.37. The predicted molar refractivity (Wildman–Crippen MR) is 98.5 cm³/mol. The first kappa shape index (κ1) is 18.1. The second-order valence-corrected chi connectivity index (χ2v) is 6.41. The van der Waals surface area contributed by atoms with Crippen molar-refractivity contribution in [3.63, 3.8) is 0 Å². The predicted octanol–water partition coefficient (Wildman–Crippen LogP) is 4.13. The van der Waals surface area contributed by atoms with Crippen LogP contribution in [0.4, 0.5) is 0 Å². The highest BCUT2D eigenvalue weighted by atomic mass is 16.5. The molecule has 1 unspecified atom stereocenters. The summed E-state index contributed by atoms with van der Waals surface area (Å²) in [7, 11) is 0. The summed E-state index contributed by atoms with van der Waals surface area (Å²) in [6.07, 6.45) is 1.39. The molecule has 0 aliphatic heterocycles. The van der Waals surface area contributed by atoms with Crippen molar-refractivity contribution >= 4 is 5.91 Å². The van der Waals surface area contributed by atoms with Crippen molar-refractivity contribution in [2.75, 3.05) is 6.54 Å². The SMILES string of the molecule is Cc1cccc(CCCNC(=O)C(C)Oc2ccc(C)cc2C)c1. The van der Waals surface area contributed by atoms with Gasteiger partial charge in [0.25, 0.3) is 5.91 Å². The van der Waals surface area contributed by atoms with Crippen molar-refractivity contribution in [3.05, 3.63) is 64.7 Å². The number of amides is 1. The van der Waals surface area contributed by atoms with Gasteiger partial charge in [-0.05, 0) is 57.7 Å². The zero-order valence-electron chi connectivity index (χ0n) is 15.1. The van der Waals surface area contributed by atoms with Crippen LogP contribution in [0.2, 0.25) is 0 Å². The maximum absolute atomic E-state index is 12.2. The van der Waals surface area contributed by atoms with Crippen molar-refractivity contribution in [2.24, 2.45) is 0 Å². The molecule has 0 heterocycles. The van der Waals surface area contributed by atoms with E-state index >= 15 is 0 Å². The Morgan fingerprint density at radius 3 is 2.54 bits per heavy atom. The Bertz CT molecular complexity index is 694. The molecule has 2 aromatic carbocycles. The second kappa shape index (κ2) is 8.53. The minimum atomic E-state index is -0.495. The molecule has 3 heteroatoms. The zero-order valence-corrected chi connectivity index (χ0v) is 15.1. The standard InChI is InChI=1S/C21H27NO2/c1-15-7-5-8-19(14-15)9-6-12-22-21(23)18(4)24-20-11-10-16(2)13-17(20)3/h5,7-8,10-11,13-14,18H,6,9,12H2,1-4H3,(H,22,23). The van der Waals surface area contributed by atoms with Crippen LogP contribution in [0.3, 0.4) is 0 Å². The first-order chi connectivity index (χ1) is 11.5. The van der Waals surface area contributed by atoms with E-state index in [-0.39, 0.29) is 5.91 Å². The summed E-state index contributed by atoms with van der Waals surface area (Å²) in [5.41, 5.74) is 4.82. The van der Waals surface area contributed by atoms with E-state index in [1.807, 2.05) is 26.0 Å². The Morgan fingerprint density at radius 2 is 1.83 bits per heavy atom. The van der Waals surface area contributed by atoms with Gasteiger partial charge < -0.3 is 10.1 Å². The van der Waals surface area contributed by atoms with E-state index in [1.165, 1.54) is 16.7 Å². The highest BCUT2D eigenvalue weighted by molar-refractivity contribution is 5.80. The lowest BCUT2D eigenvalue weighted by atomic mass is 10.1. The lowest BCUT2D eigenvalue weighted by molar-refractivity contribution is -0.127. The molecule has 0 aromatic heterocycles. The molecule has 0 saturated carbocycles. The molecule has 0 aliphatic rings. The Balaban J connectivity index is 1.75. The molecule has 128 valence electrons. The number of carbonyl (C=O) groups is 1. The Kier molecular flexibility index (Phi) is 6.42. The number of hydrogen-bond acceptors (Lipinski definition) is 2. The van der Waals surface area contributed by atoms with Gasteiger partial charge in [-0.2, -0.15) is 0 Å². The second-order valence-electron chi connectivity index (χ2n) is 6.41. The molecule has 0 fully saturated rings. The first-order valence-corrected chi connectivity index (χ1v) is 8.53. The Labute approximate surface area is 145 Å². The van der Waals surface area contributed by atoms with Gasteiger partial charge in [0.2, 0.25) is 0 Å². The fourth-order valence-electron chi connectivity index (χ4n) is 2.69. The van der Waals surface area contributed by atoms with Gasteiger partial charge in [0.05, 0.1) is 0 Å². The molecule has 2 aromatic rings. The van der Waals surface area contributed by atoms with Gasteiger partial charge in [-0.15, -0.1) is 0 Å². The number of aryl methyl sites for hydroxylation is 4. The minimum absolute atomic E-state index is 0.0702. The van der Waals surface area contributed by atoms with E-state index in [0.29, 0.717) is 6.54 Å². The fourth-order valence-corrected chi connectivity index (χ4v) is 2.69. The number of benzene rings is 2.